The van der Waals surface area contributed by atoms with E-state index in [0.717, 1.165) is 39.4 Å². The van der Waals surface area contributed by atoms with Crippen molar-refractivity contribution in [2.75, 3.05) is 0 Å². The number of aromatic hydroxyl groups is 14. The molecule has 0 bridgehead atoms. The van der Waals surface area contributed by atoms with Crippen LogP contribution in [0.25, 0.3) is 10.8 Å². The van der Waals surface area contributed by atoms with E-state index in [9.17, 15) is 30.6 Å². The lowest BCUT2D eigenvalue weighted by molar-refractivity contribution is 0.376. The van der Waals surface area contributed by atoms with Gasteiger partial charge in [0.2, 0.25) is 0 Å². The predicted molar refractivity (Wildman–Crippen MR) is 324 cm³/mol. The molecule has 0 aliphatic carbocycles. The van der Waals surface area contributed by atoms with Crippen molar-refractivity contribution in [1.82, 2.24) is 0 Å². The zero-order valence-corrected chi connectivity index (χ0v) is 49.7. The number of benzene rings is 8. The van der Waals surface area contributed by atoms with Crippen LogP contribution in [0.5, 0.6) is 80.5 Å². The lowest BCUT2D eigenvalue weighted by Gasteiger charge is -2.26. The fourth-order valence-electron chi connectivity index (χ4n) is 7.45. The monoisotopic (exact) mass is 1110 g/mol. The molecule has 8 aromatic rings. The first kappa shape index (κ1) is 68.3. The van der Waals surface area contributed by atoms with Crippen LogP contribution >= 0.6 is 0 Å². The molecule has 14 nitrogen and oxygen atoms in total. The van der Waals surface area contributed by atoms with Gasteiger partial charge in [-0.1, -0.05) is 180 Å². The Morgan fingerprint density at radius 2 is 0.543 bits per heavy atom. The van der Waals surface area contributed by atoms with E-state index in [0.29, 0.717) is 22.3 Å². The van der Waals surface area contributed by atoms with Crippen molar-refractivity contribution in [3.05, 3.63) is 178 Å². The van der Waals surface area contributed by atoms with Crippen LogP contribution < -0.4 is 0 Å². The molecule has 0 atom stereocenters. The van der Waals surface area contributed by atoms with Gasteiger partial charge in [-0.25, -0.2) is 0 Å². The summed E-state index contributed by atoms with van der Waals surface area (Å²) in [6.07, 6.45) is 0.921. The quantitative estimate of drug-likeness (QED) is 0.0717. The molecule has 8 rings (SSSR count). The fourth-order valence-corrected chi connectivity index (χ4v) is 7.45. The van der Waals surface area contributed by atoms with Gasteiger partial charge in [0.15, 0.2) is 80.5 Å². The van der Waals surface area contributed by atoms with Crippen LogP contribution in [0.2, 0.25) is 0 Å². The lowest BCUT2D eigenvalue weighted by Crippen LogP contribution is -2.15. The third kappa shape index (κ3) is 19.8. The highest BCUT2D eigenvalue weighted by Crippen LogP contribution is 2.44. The smallest absolute Gasteiger partial charge is 0.161 e. The molecule has 0 saturated carbocycles. The first-order valence-corrected chi connectivity index (χ1v) is 26.2. The molecular weight excluding hydrogens is 1030 g/mol. The van der Waals surface area contributed by atoms with Crippen LogP contribution in [0.4, 0.5) is 0 Å². The molecule has 0 spiro atoms. The molecule has 0 aliphatic heterocycles. The lowest BCUT2D eigenvalue weighted by atomic mass is 9.81. The van der Waals surface area contributed by atoms with Gasteiger partial charge in [-0.15, -0.1) is 0 Å². The van der Waals surface area contributed by atoms with E-state index < -0.39 is 0 Å². The second-order valence-corrected chi connectivity index (χ2v) is 23.2. The predicted octanol–water partition coefficient (Wildman–Crippen LogP) is 15.7. The minimum Gasteiger partial charge on any atom is -0.504 e. The summed E-state index contributed by atoms with van der Waals surface area (Å²) in [4.78, 5) is 0. The van der Waals surface area contributed by atoms with E-state index >= 15 is 0 Å². The van der Waals surface area contributed by atoms with Gasteiger partial charge in [-0.3, -0.25) is 0 Å². The van der Waals surface area contributed by atoms with Gasteiger partial charge in [-0.2, -0.15) is 0 Å². The summed E-state index contributed by atoms with van der Waals surface area (Å²) in [5.74, 6) is -0.428. The minimum atomic E-state index is -0.169. The Kier molecular flexibility index (Phi) is 24.4. The van der Waals surface area contributed by atoms with Gasteiger partial charge in [-0.05, 0) is 125 Å². The SMILES string of the molecule is CC(C)(C)c1ccc(C(C)(C)C)c(O)c1O.CCC(C)(C)c1cccc(O)c1O.Cc1ccc(C(C)(C)C)c(O)c1O.Cc1ccc(C)c(O)c1O.Cc1cccc(O)c1O.Oc1cc2ccccc2cc1O.Oc1ccccc1O. The summed E-state index contributed by atoms with van der Waals surface area (Å²) < 4.78 is 0. The normalized spacial score (nSPS) is 11.0. The van der Waals surface area contributed by atoms with Crippen LogP contribution in [-0.4, -0.2) is 71.5 Å². The van der Waals surface area contributed by atoms with Gasteiger partial charge in [0.25, 0.3) is 0 Å². The Labute approximate surface area is 477 Å². The van der Waals surface area contributed by atoms with Crippen molar-refractivity contribution in [2.24, 2.45) is 0 Å². The molecule has 81 heavy (non-hydrogen) atoms. The van der Waals surface area contributed by atoms with Gasteiger partial charge in [0.05, 0.1) is 0 Å². The van der Waals surface area contributed by atoms with Crippen molar-refractivity contribution in [2.45, 2.75) is 139 Å². The van der Waals surface area contributed by atoms with Crippen molar-refractivity contribution < 1.29 is 71.5 Å². The van der Waals surface area contributed by atoms with Crippen LogP contribution in [0, 0.1) is 27.7 Å². The van der Waals surface area contributed by atoms with E-state index in [1.807, 2.05) is 131 Å². The van der Waals surface area contributed by atoms with Crippen molar-refractivity contribution in [3.8, 4) is 80.5 Å². The molecular formula is C67H86O14. The Hall–Kier alpha value is -8.78. The molecule has 0 radical (unpaired) electrons. The Morgan fingerprint density at radius 1 is 0.259 bits per heavy atom. The van der Waals surface area contributed by atoms with Gasteiger partial charge < -0.3 is 71.5 Å². The molecule has 0 saturated heterocycles. The minimum absolute atomic E-state index is 0.00694. The number of hydrogen-bond acceptors (Lipinski definition) is 14. The topological polar surface area (TPSA) is 283 Å². The van der Waals surface area contributed by atoms with E-state index in [4.69, 9.17) is 40.9 Å². The highest BCUT2D eigenvalue weighted by Gasteiger charge is 2.27. The summed E-state index contributed by atoms with van der Waals surface area (Å²) in [5.41, 5.74) is 5.34. The summed E-state index contributed by atoms with van der Waals surface area (Å²) in [7, 11) is 0. The molecule has 0 unspecified atom stereocenters. The average molecular weight is 1120 g/mol. The summed E-state index contributed by atoms with van der Waals surface area (Å²) in [6.45, 7) is 31.2. The number of rotatable bonds is 2. The first-order chi connectivity index (χ1) is 37.3. The molecule has 0 fully saturated rings. The Bertz CT molecular complexity index is 3170. The molecule has 0 aromatic heterocycles. The third-order valence-electron chi connectivity index (χ3n) is 13.1. The summed E-state index contributed by atoms with van der Waals surface area (Å²) in [5, 5.41) is 132. The first-order valence-electron chi connectivity index (χ1n) is 26.2. The molecule has 14 heteroatoms. The number of phenolic OH excluding ortho intramolecular Hbond substituents is 14. The summed E-state index contributed by atoms with van der Waals surface area (Å²) in [6, 6.07) is 37.7. The Morgan fingerprint density at radius 3 is 0.877 bits per heavy atom. The maximum absolute atomic E-state index is 10.0. The van der Waals surface area contributed by atoms with Crippen LogP contribution in [0.1, 0.15) is 134 Å². The number of phenols is 14. The molecule has 0 heterocycles. The Balaban J connectivity index is 0.000000326. The third-order valence-corrected chi connectivity index (χ3v) is 13.1. The summed E-state index contributed by atoms with van der Waals surface area (Å²) >= 11 is 0. The van der Waals surface area contributed by atoms with Gasteiger partial charge in [0.1, 0.15) is 0 Å². The van der Waals surface area contributed by atoms with E-state index in [2.05, 4.69) is 6.92 Å². The molecule has 14 N–H and O–H groups in total. The van der Waals surface area contributed by atoms with Crippen LogP contribution in [0.3, 0.4) is 0 Å². The van der Waals surface area contributed by atoms with Gasteiger partial charge >= 0.3 is 0 Å². The molecule has 8 aromatic carbocycles. The van der Waals surface area contributed by atoms with Crippen LogP contribution in [0.15, 0.2) is 133 Å². The van der Waals surface area contributed by atoms with Crippen molar-refractivity contribution in [1.29, 1.82) is 0 Å². The number of hydrogen-bond donors (Lipinski definition) is 14. The average Bonchev–Trinajstić information content (AvgIpc) is 3.43. The van der Waals surface area contributed by atoms with Crippen LogP contribution in [-0.2, 0) is 21.7 Å². The highest BCUT2D eigenvalue weighted by atomic mass is 16.3. The van der Waals surface area contributed by atoms with E-state index in [1.54, 1.807) is 82.3 Å². The maximum atomic E-state index is 10.0. The fraction of sp³-hybridized carbons (Fsp3) is 0.313. The number of fused-ring (bicyclic) bond motifs is 1. The van der Waals surface area contributed by atoms with Crippen molar-refractivity contribution in [3.63, 3.8) is 0 Å². The number of aryl methyl sites for hydroxylation is 4. The second kappa shape index (κ2) is 28.9. The number of para-hydroxylation sites is 4. The standard InChI is InChI=1S/C14H22O2.2C11H16O2.C10H8O2.C8H10O2.C7H8O2.C6H6O2/c1-13(2,3)9-7-8-10(14(4,5)6)12(16)11(9)15;1-7-5-6-8(11(2,3)4)10(13)9(7)12;1-4-11(2,3)8-6-5-7-9(12)10(8)13;11-9-5-7-3-1-2-4-8(7)6-10(9)12;1-5-3-4-6(2)8(10)7(5)9;1-5-3-2-4-6(8)7(5)9;7-5-3-1-2-4-6(5)8/h7-8,15-16H,1-6H3;5-6,12-13H,1-4H3;5-7,12-13H,4H2,1-3H3;1-6,11-12H;3-4,9-10H,1-2H3;2-4,8-9H,1H3;1-4,7-8H. The van der Waals surface area contributed by atoms with Crippen molar-refractivity contribution >= 4 is 10.8 Å². The van der Waals surface area contributed by atoms with E-state index in [1.165, 1.54) is 24.3 Å². The molecule has 0 aliphatic rings. The maximum Gasteiger partial charge on any atom is 0.161 e. The highest BCUT2D eigenvalue weighted by molar-refractivity contribution is 5.85. The zero-order valence-electron chi connectivity index (χ0n) is 49.7. The van der Waals surface area contributed by atoms with Gasteiger partial charge in [0, 0.05) is 22.3 Å². The zero-order chi connectivity index (χ0) is 62.1. The van der Waals surface area contributed by atoms with E-state index in [-0.39, 0.29) is 102 Å². The molecule has 438 valence electrons. The largest absolute Gasteiger partial charge is 0.504 e. The second-order valence-electron chi connectivity index (χ2n) is 23.2. The molecule has 0 amide bonds.